The minimum absolute atomic E-state index is 0.0974. The van der Waals surface area contributed by atoms with Gasteiger partial charge in [0.05, 0.1) is 5.33 Å². The number of hydrogen-bond donors (Lipinski definition) is 4. The summed E-state index contributed by atoms with van der Waals surface area (Å²) in [5, 5.41) is 23.5. The van der Waals surface area contributed by atoms with Crippen LogP contribution in [-0.2, 0) is 19.2 Å². The fourth-order valence-electron chi connectivity index (χ4n) is 3.60. The summed E-state index contributed by atoms with van der Waals surface area (Å²) in [7, 11) is 0. The first kappa shape index (κ1) is 31.4. The molecule has 0 heterocycles. The van der Waals surface area contributed by atoms with Crippen LogP contribution in [0.2, 0.25) is 0 Å². The van der Waals surface area contributed by atoms with Crippen LogP contribution >= 0.6 is 15.9 Å². The lowest BCUT2D eigenvalue weighted by molar-refractivity contribution is -0.142. The summed E-state index contributed by atoms with van der Waals surface area (Å²) < 4.78 is 0. The van der Waals surface area contributed by atoms with Gasteiger partial charge in [0.15, 0.2) is 0 Å². The van der Waals surface area contributed by atoms with Crippen LogP contribution in [0.25, 0.3) is 0 Å². The minimum Gasteiger partial charge on any atom is -0.481 e. The molecule has 9 heteroatoms. The number of aliphatic carboxylic acids is 2. The zero-order valence-electron chi connectivity index (χ0n) is 19.9. The lowest BCUT2D eigenvalue weighted by atomic mass is 10.0. The summed E-state index contributed by atoms with van der Waals surface area (Å²) in [5.74, 6) is -2.04. The molecular formula is C24H43BrN2O6. The maximum absolute atomic E-state index is 12.0. The third kappa shape index (κ3) is 21.9. The van der Waals surface area contributed by atoms with Crippen molar-refractivity contribution in [1.82, 2.24) is 10.6 Å². The number of carbonyl (C=O) groups is 4. The van der Waals surface area contributed by atoms with Gasteiger partial charge >= 0.3 is 11.9 Å². The number of unbranched alkanes of at least 4 members (excludes halogenated alkanes) is 12. The molecule has 0 rings (SSSR count). The van der Waals surface area contributed by atoms with Gasteiger partial charge in [-0.05, 0) is 32.1 Å². The molecule has 0 saturated heterocycles. The molecule has 192 valence electrons. The molecular weight excluding hydrogens is 492 g/mol. The Balaban J connectivity index is 3.58. The molecule has 33 heavy (non-hydrogen) atoms. The standard InChI is InChI=1S/C24H43BrN2O6/c25-19-22(29)26-18-14-13-15-20(24(32)33)27-21(28)16-11-9-7-5-3-1-2-4-6-8-10-12-17-23(30)31/h20H,1-19H2,(H,26,29)(H,27,28)(H,30,31)(H,32,33). The zero-order chi connectivity index (χ0) is 24.7. The molecule has 1 atom stereocenters. The van der Waals surface area contributed by atoms with Gasteiger partial charge < -0.3 is 20.8 Å². The van der Waals surface area contributed by atoms with E-state index in [1.165, 1.54) is 32.1 Å². The predicted octanol–water partition coefficient (Wildman–Crippen LogP) is 4.78. The second-order valence-corrected chi connectivity index (χ2v) is 9.13. The second kappa shape index (κ2) is 22.2. The molecule has 2 amide bonds. The molecule has 0 radical (unpaired) electrons. The monoisotopic (exact) mass is 534 g/mol. The largest absolute Gasteiger partial charge is 0.481 e. The van der Waals surface area contributed by atoms with Gasteiger partial charge in [-0.15, -0.1) is 0 Å². The van der Waals surface area contributed by atoms with E-state index in [4.69, 9.17) is 5.11 Å². The molecule has 0 aliphatic carbocycles. The summed E-state index contributed by atoms with van der Waals surface area (Å²) in [6, 6.07) is -0.874. The topological polar surface area (TPSA) is 133 Å². The van der Waals surface area contributed by atoms with Crippen molar-refractivity contribution in [3.05, 3.63) is 0 Å². The molecule has 0 bridgehead atoms. The normalized spacial score (nSPS) is 11.7. The number of halogens is 1. The first-order valence-electron chi connectivity index (χ1n) is 12.4. The van der Waals surface area contributed by atoms with Crippen LogP contribution in [-0.4, -0.2) is 51.9 Å². The van der Waals surface area contributed by atoms with E-state index in [1.54, 1.807) is 0 Å². The van der Waals surface area contributed by atoms with Gasteiger partial charge in [-0.25, -0.2) is 4.79 Å². The second-order valence-electron chi connectivity index (χ2n) is 8.57. The van der Waals surface area contributed by atoms with Crippen LogP contribution in [0, 0.1) is 0 Å². The third-order valence-corrected chi connectivity index (χ3v) is 6.05. The van der Waals surface area contributed by atoms with Gasteiger partial charge in [-0.1, -0.05) is 80.1 Å². The highest BCUT2D eigenvalue weighted by Crippen LogP contribution is 2.13. The van der Waals surface area contributed by atoms with Crippen molar-refractivity contribution in [2.24, 2.45) is 0 Å². The molecule has 0 aliphatic heterocycles. The fourth-order valence-corrected chi connectivity index (χ4v) is 3.80. The Hall–Kier alpha value is -1.64. The van der Waals surface area contributed by atoms with E-state index in [-0.39, 0.29) is 23.6 Å². The average Bonchev–Trinajstić information content (AvgIpc) is 2.77. The van der Waals surface area contributed by atoms with Crippen LogP contribution in [0.3, 0.4) is 0 Å². The summed E-state index contributed by atoms with van der Waals surface area (Å²) in [4.78, 5) is 44.9. The number of hydrogen-bond acceptors (Lipinski definition) is 4. The molecule has 0 fully saturated rings. The summed E-state index contributed by atoms with van der Waals surface area (Å²) in [6.07, 6.45) is 15.2. The van der Waals surface area contributed by atoms with Crippen LogP contribution in [0.4, 0.5) is 0 Å². The van der Waals surface area contributed by atoms with Gasteiger partial charge in [0.2, 0.25) is 11.8 Å². The molecule has 0 spiro atoms. The lowest BCUT2D eigenvalue weighted by Gasteiger charge is -2.14. The van der Waals surface area contributed by atoms with Crippen molar-refractivity contribution in [2.45, 2.75) is 115 Å². The van der Waals surface area contributed by atoms with Gasteiger partial charge in [0, 0.05) is 19.4 Å². The van der Waals surface area contributed by atoms with Crippen molar-refractivity contribution >= 4 is 39.7 Å². The van der Waals surface area contributed by atoms with E-state index in [1.807, 2.05) is 0 Å². The number of amides is 2. The molecule has 0 aromatic carbocycles. The Kier molecular flexibility index (Phi) is 21.1. The summed E-state index contributed by atoms with van der Waals surface area (Å²) in [5.41, 5.74) is 0. The van der Waals surface area contributed by atoms with E-state index in [0.717, 1.165) is 44.9 Å². The number of carboxylic acids is 2. The van der Waals surface area contributed by atoms with Crippen molar-refractivity contribution in [2.75, 3.05) is 11.9 Å². The molecule has 0 aliphatic rings. The number of carboxylic acid groups (broad SMARTS) is 2. The van der Waals surface area contributed by atoms with Crippen LogP contribution in [0.1, 0.15) is 109 Å². The van der Waals surface area contributed by atoms with E-state index in [2.05, 4.69) is 26.6 Å². The van der Waals surface area contributed by atoms with Gasteiger partial charge in [0.25, 0.3) is 0 Å². The van der Waals surface area contributed by atoms with E-state index >= 15 is 0 Å². The zero-order valence-corrected chi connectivity index (χ0v) is 21.5. The lowest BCUT2D eigenvalue weighted by Crippen LogP contribution is -2.40. The van der Waals surface area contributed by atoms with Crippen LogP contribution in [0.5, 0.6) is 0 Å². The van der Waals surface area contributed by atoms with Crippen molar-refractivity contribution in [3.8, 4) is 0 Å². The highest BCUT2D eigenvalue weighted by molar-refractivity contribution is 9.09. The number of alkyl halides is 1. The van der Waals surface area contributed by atoms with Crippen LogP contribution in [0.15, 0.2) is 0 Å². The molecule has 4 N–H and O–H groups in total. The van der Waals surface area contributed by atoms with Gasteiger partial charge in [0.1, 0.15) is 6.04 Å². The van der Waals surface area contributed by atoms with E-state index in [9.17, 15) is 24.3 Å². The predicted molar refractivity (Wildman–Crippen MR) is 132 cm³/mol. The number of rotatable bonds is 23. The molecule has 0 saturated carbocycles. The highest BCUT2D eigenvalue weighted by Gasteiger charge is 2.19. The van der Waals surface area contributed by atoms with Crippen molar-refractivity contribution in [3.63, 3.8) is 0 Å². The van der Waals surface area contributed by atoms with Crippen LogP contribution < -0.4 is 10.6 Å². The third-order valence-electron chi connectivity index (χ3n) is 5.54. The van der Waals surface area contributed by atoms with Gasteiger partial charge in [-0.2, -0.15) is 0 Å². The Morgan fingerprint density at radius 2 is 1.12 bits per heavy atom. The molecule has 1 unspecified atom stereocenters. The number of carbonyl (C=O) groups excluding carboxylic acids is 2. The summed E-state index contributed by atoms with van der Waals surface area (Å²) >= 11 is 3.06. The van der Waals surface area contributed by atoms with Crippen molar-refractivity contribution in [1.29, 1.82) is 0 Å². The fraction of sp³-hybridized carbons (Fsp3) is 0.833. The van der Waals surface area contributed by atoms with Gasteiger partial charge in [-0.3, -0.25) is 14.4 Å². The quantitative estimate of drug-likeness (QED) is 0.110. The maximum atomic E-state index is 12.0. The molecule has 0 aromatic rings. The maximum Gasteiger partial charge on any atom is 0.326 e. The van der Waals surface area contributed by atoms with Crippen molar-refractivity contribution < 1.29 is 29.4 Å². The smallest absolute Gasteiger partial charge is 0.326 e. The first-order chi connectivity index (χ1) is 15.9. The first-order valence-corrected chi connectivity index (χ1v) is 13.6. The highest BCUT2D eigenvalue weighted by atomic mass is 79.9. The van der Waals surface area contributed by atoms with E-state index in [0.29, 0.717) is 32.2 Å². The Morgan fingerprint density at radius 1 is 0.636 bits per heavy atom. The summed E-state index contributed by atoms with van der Waals surface area (Å²) in [6.45, 7) is 0.499. The SMILES string of the molecule is O=C(O)CCCCCCCCCCCCCCC(=O)NC(CCCCNC(=O)CBr)C(=O)O. The Bertz CT molecular complexity index is 559. The number of nitrogens with one attached hydrogen (secondary N) is 2. The molecule has 8 nitrogen and oxygen atoms in total. The average molecular weight is 536 g/mol. The molecule has 0 aromatic heterocycles. The Labute approximate surface area is 206 Å². The Morgan fingerprint density at radius 3 is 1.58 bits per heavy atom. The minimum atomic E-state index is -1.02. The van der Waals surface area contributed by atoms with E-state index < -0.39 is 18.0 Å².